The van der Waals surface area contributed by atoms with Crippen LogP contribution in [0.2, 0.25) is 5.02 Å². The highest BCUT2D eigenvalue weighted by Crippen LogP contribution is 2.32. The number of carbonyl (C=O) groups is 2. The van der Waals surface area contributed by atoms with Crippen molar-refractivity contribution in [3.63, 3.8) is 0 Å². The van der Waals surface area contributed by atoms with Crippen molar-refractivity contribution in [1.82, 2.24) is 10.2 Å². The van der Waals surface area contributed by atoms with Crippen molar-refractivity contribution in [3.05, 3.63) is 94.5 Å². The lowest BCUT2D eigenvalue weighted by atomic mass is 10.0. The third-order valence-corrected chi connectivity index (χ3v) is 5.48. The Morgan fingerprint density at radius 2 is 1.69 bits per heavy atom. The first-order valence-corrected chi connectivity index (χ1v) is 10.6. The molecule has 2 amide bonds. The smallest absolute Gasteiger partial charge is 0.251 e. The van der Waals surface area contributed by atoms with Crippen LogP contribution in [0.3, 0.4) is 0 Å². The Labute approximate surface area is 191 Å². The van der Waals surface area contributed by atoms with Gasteiger partial charge < -0.3 is 19.7 Å². The Morgan fingerprint density at radius 3 is 2.44 bits per heavy atom. The molecule has 164 valence electrons. The monoisotopic (exact) mass is 450 g/mol. The maximum Gasteiger partial charge on any atom is 0.251 e. The summed E-state index contributed by atoms with van der Waals surface area (Å²) in [5, 5.41) is 3.43. The van der Waals surface area contributed by atoms with Gasteiger partial charge in [0.15, 0.2) is 11.5 Å². The van der Waals surface area contributed by atoms with E-state index in [-0.39, 0.29) is 18.6 Å². The first-order valence-electron chi connectivity index (χ1n) is 10.2. The highest BCUT2D eigenvalue weighted by Gasteiger charge is 2.25. The molecule has 7 heteroatoms. The van der Waals surface area contributed by atoms with Crippen LogP contribution in [0.1, 0.15) is 21.5 Å². The van der Waals surface area contributed by atoms with Gasteiger partial charge in [0.1, 0.15) is 6.04 Å². The summed E-state index contributed by atoms with van der Waals surface area (Å²) >= 11 is 5.92. The van der Waals surface area contributed by atoms with E-state index in [1.54, 1.807) is 36.2 Å². The second-order valence-corrected chi connectivity index (χ2v) is 8.04. The molecule has 0 saturated carbocycles. The number of halogens is 1. The number of fused-ring (bicyclic) bond motifs is 1. The molecule has 1 heterocycles. The fourth-order valence-electron chi connectivity index (χ4n) is 3.55. The highest BCUT2D eigenvalue weighted by atomic mass is 35.5. The second-order valence-electron chi connectivity index (χ2n) is 7.60. The van der Waals surface area contributed by atoms with Crippen molar-refractivity contribution >= 4 is 23.4 Å². The Morgan fingerprint density at radius 1 is 0.969 bits per heavy atom. The quantitative estimate of drug-likeness (QED) is 0.589. The molecule has 1 atom stereocenters. The number of carbonyl (C=O) groups excluding carboxylic acids is 2. The fraction of sp³-hybridized carbons (Fsp3) is 0.200. The fourth-order valence-corrected chi connectivity index (χ4v) is 3.68. The van der Waals surface area contributed by atoms with Gasteiger partial charge in [0.25, 0.3) is 5.91 Å². The van der Waals surface area contributed by atoms with E-state index < -0.39 is 6.04 Å². The van der Waals surface area contributed by atoms with E-state index in [0.29, 0.717) is 35.1 Å². The summed E-state index contributed by atoms with van der Waals surface area (Å²) in [4.78, 5) is 27.8. The SMILES string of the molecule is CN(Cc1ccc2c(c1)OCO2)C(=O)C(Cc1ccccc1)NC(=O)c1ccc(Cl)cc1. The molecule has 4 rings (SSSR count). The lowest BCUT2D eigenvalue weighted by Gasteiger charge is -2.25. The Kier molecular flexibility index (Phi) is 6.61. The molecule has 0 fully saturated rings. The number of likely N-dealkylation sites (N-methyl/N-ethyl adjacent to an activating group) is 1. The van der Waals surface area contributed by atoms with E-state index in [1.165, 1.54) is 0 Å². The standard InChI is InChI=1S/C25H23ClN2O4/c1-28(15-18-7-12-22-23(14-18)32-16-31-22)25(30)21(13-17-5-3-2-4-6-17)27-24(29)19-8-10-20(26)11-9-19/h2-12,14,21H,13,15-16H2,1H3,(H,27,29). The molecule has 3 aromatic rings. The predicted octanol–water partition coefficient (Wildman–Crippen LogP) is 4.07. The summed E-state index contributed by atoms with van der Waals surface area (Å²) in [5.74, 6) is 0.849. The molecule has 0 spiro atoms. The third-order valence-electron chi connectivity index (χ3n) is 5.23. The molecule has 1 aliphatic rings. The third kappa shape index (κ3) is 5.21. The van der Waals surface area contributed by atoms with Gasteiger partial charge in [-0.25, -0.2) is 0 Å². The van der Waals surface area contributed by atoms with Crippen molar-refractivity contribution < 1.29 is 19.1 Å². The van der Waals surface area contributed by atoms with Crippen LogP contribution in [0.5, 0.6) is 11.5 Å². The minimum atomic E-state index is -0.723. The first-order chi connectivity index (χ1) is 15.5. The van der Waals surface area contributed by atoms with Crippen molar-refractivity contribution in [2.75, 3.05) is 13.8 Å². The summed E-state index contributed by atoms with van der Waals surface area (Å²) in [6, 6.07) is 21.1. The van der Waals surface area contributed by atoms with Crippen LogP contribution in [-0.2, 0) is 17.8 Å². The van der Waals surface area contributed by atoms with Crippen LogP contribution in [0.15, 0.2) is 72.8 Å². The molecule has 0 saturated heterocycles. The van der Waals surface area contributed by atoms with Gasteiger partial charge in [0.2, 0.25) is 12.7 Å². The summed E-state index contributed by atoms with van der Waals surface area (Å²) in [7, 11) is 1.72. The average molecular weight is 451 g/mol. The Hall–Kier alpha value is -3.51. The second kappa shape index (κ2) is 9.75. The molecule has 0 radical (unpaired) electrons. The number of hydrogen-bond acceptors (Lipinski definition) is 4. The molecule has 32 heavy (non-hydrogen) atoms. The number of rotatable bonds is 7. The topological polar surface area (TPSA) is 67.9 Å². The molecule has 0 aliphatic carbocycles. The van der Waals surface area contributed by atoms with E-state index in [9.17, 15) is 9.59 Å². The van der Waals surface area contributed by atoms with Crippen LogP contribution in [0, 0.1) is 0 Å². The number of nitrogens with one attached hydrogen (secondary N) is 1. The highest BCUT2D eigenvalue weighted by molar-refractivity contribution is 6.30. The minimum absolute atomic E-state index is 0.186. The van der Waals surface area contributed by atoms with Gasteiger partial charge in [0, 0.05) is 30.6 Å². The van der Waals surface area contributed by atoms with Gasteiger partial charge in [-0.3, -0.25) is 9.59 Å². The molecular formula is C25H23ClN2O4. The van der Waals surface area contributed by atoms with Crippen molar-refractivity contribution in [1.29, 1.82) is 0 Å². The van der Waals surface area contributed by atoms with Crippen LogP contribution in [-0.4, -0.2) is 36.6 Å². The van der Waals surface area contributed by atoms with Crippen molar-refractivity contribution in [2.45, 2.75) is 19.0 Å². The average Bonchev–Trinajstić information content (AvgIpc) is 3.27. The zero-order chi connectivity index (χ0) is 22.5. The number of amides is 2. The Bertz CT molecular complexity index is 1100. The maximum absolute atomic E-state index is 13.3. The summed E-state index contributed by atoms with van der Waals surface area (Å²) < 4.78 is 10.8. The molecule has 6 nitrogen and oxygen atoms in total. The van der Waals surface area contributed by atoms with E-state index in [0.717, 1.165) is 11.1 Å². The summed E-state index contributed by atoms with van der Waals surface area (Å²) in [5.41, 5.74) is 2.31. The molecule has 1 unspecified atom stereocenters. The normalized spacial score (nSPS) is 12.8. The van der Waals surface area contributed by atoms with Gasteiger partial charge in [-0.2, -0.15) is 0 Å². The molecule has 3 aromatic carbocycles. The zero-order valence-corrected chi connectivity index (χ0v) is 18.3. The largest absolute Gasteiger partial charge is 0.454 e. The van der Waals surface area contributed by atoms with Gasteiger partial charge >= 0.3 is 0 Å². The molecule has 0 aromatic heterocycles. The maximum atomic E-state index is 13.3. The van der Waals surface area contributed by atoms with Crippen LogP contribution in [0.25, 0.3) is 0 Å². The molecule has 1 aliphatic heterocycles. The minimum Gasteiger partial charge on any atom is -0.454 e. The number of hydrogen-bond donors (Lipinski definition) is 1. The van der Waals surface area contributed by atoms with E-state index >= 15 is 0 Å². The van der Waals surface area contributed by atoms with Crippen LogP contribution < -0.4 is 14.8 Å². The van der Waals surface area contributed by atoms with Gasteiger partial charge in [-0.15, -0.1) is 0 Å². The van der Waals surface area contributed by atoms with Gasteiger partial charge in [-0.05, 0) is 47.5 Å². The van der Waals surface area contributed by atoms with Gasteiger partial charge in [-0.1, -0.05) is 48.0 Å². The number of benzene rings is 3. The van der Waals surface area contributed by atoms with Crippen LogP contribution >= 0.6 is 11.6 Å². The Balaban J connectivity index is 1.50. The lowest BCUT2D eigenvalue weighted by Crippen LogP contribution is -2.48. The molecular weight excluding hydrogens is 428 g/mol. The summed E-state index contributed by atoms with van der Waals surface area (Å²) in [6.45, 7) is 0.570. The lowest BCUT2D eigenvalue weighted by molar-refractivity contribution is -0.132. The van der Waals surface area contributed by atoms with Gasteiger partial charge in [0.05, 0.1) is 0 Å². The molecule has 0 bridgehead atoms. The van der Waals surface area contributed by atoms with Crippen LogP contribution in [0.4, 0.5) is 0 Å². The zero-order valence-electron chi connectivity index (χ0n) is 17.6. The molecule has 1 N–H and O–H groups in total. The predicted molar refractivity (Wildman–Crippen MR) is 122 cm³/mol. The number of ether oxygens (including phenoxy) is 2. The van der Waals surface area contributed by atoms with E-state index in [4.69, 9.17) is 21.1 Å². The van der Waals surface area contributed by atoms with E-state index in [1.807, 2.05) is 48.5 Å². The first kappa shape index (κ1) is 21.7. The van der Waals surface area contributed by atoms with Crippen molar-refractivity contribution in [2.24, 2.45) is 0 Å². The number of nitrogens with zero attached hydrogens (tertiary/aromatic N) is 1. The van der Waals surface area contributed by atoms with Crippen molar-refractivity contribution in [3.8, 4) is 11.5 Å². The summed E-state index contributed by atoms with van der Waals surface area (Å²) in [6.07, 6.45) is 0.379. The van der Waals surface area contributed by atoms with E-state index in [2.05, 4.69) is 5.32 Å².